The first-order valence-corrected chi connectivity index (χ1v) is 7.85. The fraction of sp³-hybridized carbons (Fsp3) is 0.375. The molecule has 0 amide bonds. The van der Waals surface area contributed by atoms with Gasteiger partial charge in [0.15, 0.2) is 5.69 Å². The summed E-state index contributed by atoms with van der Waals surface area (Å²) < 4.78 is 10.8. The average molecular weight is 350 g/mol. The molecule has 3 rings (SSSR count). The van der Waals surface area contributed by atoms with Crippen LogP contribution in [0.25, 0.3) is 0 Å². The van der Waals surface area contributed by atoms with Crippen molar-refractivity contribution in [1.29, 1.82) is 0 Å². The van der Waals surface area contributed by atoms with Crippen molar-refractivity contribution in [2.45, 2.75) is 24.3 Å². The fourth-order valence-electron chi connectivity index (χ4n) is 2.99. The first-order chi connectivity index (χ1) is 11.6. The van der Waals surface area contributed by atoms with Gasteiger partial charge in [-0.1, -0.05) is 29.5 Å². The molecule has 0 N–H and O–H groups in total. The Morgan fingerprint density at radius 3 is 2.62 bits per heavy atom. The Labute approximate surface area is 143 Å². The van der Waals surface area contributed by atoms with E-state index in [1.807, 2.05) is 24.3 Å². The van der Waals surface area contributed by atoms with E-state index in [0.717, 1.165) is 24.0 Å². The lowest BCUT2D eigenvalue weighted by molar-refractivity contribution is 0.0542. The molecule has 1 aliphatic rings. The molecule has 1 heterocycles. The number of carbonyl (C=O) groups excluding carboxylic acids is 2. The van der Waals surface area contributed by atoms with Gasteiger partial charge in [0.25, 0.3) is 0 Å². The maximum Gasteiger partial charge on any atom is 0.361 e. The van der Waals surface area contributed by atoms with Gasteiger partial charge in [0.05, 0.1) is 25.6 Å². The van der Waals surface area contributed by atoms with Gasteiger partial charge in [0.1, 0.15) is 0 Å². The molecule has 0 unspecified atom stereocenters. The molecular weight excluding hydrogens is 334 g/mol. The lowest BCUT2D eigenvalue weighted by Crippen LogP contribution is -2.30. The highest BCUT2D eigenvalue weighted by Crippen LogP contribution is 2.36. The van der Waals surface area contributed by atoms with Gasteiger partial charge in [0.2, 0.25) is 5.69 Å². The number of ether oxygens (including phenoxy) is 2. The number of halogens is 1. The van der Waals surface area contributed by atoms with E-state index in [0.29, 0.717) is 0 Å². The molecule has 7 nitrogen and oxygen atoms in total. The van der Waals surface area contributed by atoms with Crippen LogP contribution >= 0.6 is 11.6 Å². The van der Waals surface area contributed by atoms with Crippen LogP contribution in [0.3, 0.4) is 0 Å². The number of methoxy groups -OCH3 is 2. The van der Waals surface area contributed by atoms with E-state index >= 15 is 0 Å². The molecule has 1 aliphatic carbocycles. The van der Waals surface area contributed by atoms with Crippen LogP contribution in [0.4, 0.5) is 0 Å². The summed E-state index contributed by atoms with van der Waals surface area (Å²) in [5.74, 6) is -1.47. The van der Waals surface area contributed by atoms with Gasteiger partial charge in [-0.25, -0.2) is 14.3 Å². The highest BCUT2D eigenvalue weighted by Gasteiger charge is 2.36. The van der Waals surface area contributed by atoms with Crippen molar-refractivity contribution in [2.75, 3.05) is 14.2 Å². The molecule has 0 fully saturated rings. The number of aryl methyl sites for hydroxylation is 1. The molecule has 0 radical (unpaired) electrons. The molecule has 8 heteroatoms. The monoisotopic (exact) mass is 349 g/mol. The summed E-state index contributed by atoms with van der Waals surface area (Å²) in [4.78, 5) is 24.1. The predicted octanol–water partition coefficient (Wildman–Crippen LogP) is 1.99. The lowest BCUT2D eigenvalue weighted by Gasteiger charge is -2.30. The first-order valence-electron chi connectivity index (χ1n) is 7.42. The second-order valence-electron chi connectivity index (χ2n) is 5.41. The molecule has 0 saturated heterocycles. The summed E-state index contributed by atoms with van der Waals surface area (Å²) in [5.41, 5.74) is 1.84. The van der Waals surface area contributed by atoms with E-state index in [1.54, 1.807) is 0 Å². The van der Waals surface area contributed by atoms with E-state index < -0.39 is 18.0 Å². The zero-order valence-electron chi connectivity index (χ0n) is 13.2. The highest BCUT2D eigenvalue weighted by atomic mass is 35.5. The maximum absolute atomic E-state index is 12.2. The van der Waals surface area contributed by atoms with E-state index in [2.05, 4.69) is 15.0 Å². The van der Waals surface area contributed by atoms with E-state index in [-0.39, 0.29) is 16.8 Å². The van der Waals surface area contributed by atoms with Crippen molar-refractivity contribution in [3.8, 4) is 0 Å². The van der Waals surface area contributed by atoms with Gasteiger partial charge in [0, 0.05) is 0 Å². The van der Waals surface area contributed by atoms with Crippen LogP contribution < -0.4 is 0 Å². The van der Waals surface area contributed by atoms with Crippen LogP contribution in [0.15, 0.2) is 24.3 Å². The normalized spacial score (nSPS) is 19.5. The van der Waals surface area contributed by atoms with Crippen LogP contribution in [0.1, 0.15) is 44.6 Å². The quantitative estimate of drug-likeness (QED) is 0.622. The molecule has 0 saturated carbocycles. The Bertz CT molecular complexity index is 789. The van der Waals surface area contributed by atoms with Crippen LogP contribution in [0, 0.1) is 0 Å². The van der Waals surface area contributed by atoms with E-state index in [4.69, 9.17) is 16.3 Å². The standard InChI is InChI=1S/C16H16ClN3O4/c1-23-15(21)12-14(16(22)24-2)20(19-18-12)13-10-6-4-3-5-9(10)7-8-11(13)17/h3-6,11,13H,7-8H2,1-2H3/t11-,13+/m0/s1. The first kappa shape index (κ1) is 16.4. The number of fused-ring (bicyclic) bond motifs is 1. The number of nitrogens with zero attached hydrogens (tertiary/aromatic N) is 3. The molecule has 24 heavy (non-hydrogen) atoms. The predicted molar refractivity (Wildman–Crippen MR) is 85.2 cm³/mol. The number of esters is 2. The molecule has 1 aromatic carbocycles. The SMILES string of the molecule is COC(=O)c1nnn([C@@H]2c3ccccc3CC[C@@H]2Cl)c1C(=O)OC. The summed E-state index contributed by atoms with van der Waals surface area (Å²) in [6, 6.07) is 7.39. The number of alkyl halides is 1. The van der Waals surface area contributed by atoms with Gasteiger partial charge in [-0.2, -0.15) is 0 Å². The highest BCUT2D eigenvalue weighted by molar-refractivity contribution is 6.21. The number of hydrogen-bond donors (Lipinski definition) is 0. The third-order valence-electron chi connectivity index (χ3n) is 4.12. The Hall–Kier alpha value is -2.41. The van der Waals surface area contributed by atoms with Crippen LogP contribution in [0.5, 0.6) is 0 Å². The molecule has 2 atom stereocenters. The average Bonchev–Trinajstić information content (AvgIpc) is 3.04. The molecule has 1 aromatic heterocycles. The Morgan fingerprint density at radius 1 is 1.21 bits per heavy atom. The summed E-state index contributed by atoms with van der Waals surface area (Å²) in [6.07, 6.45) is 1.56. The maximum atomic E-state index is 12.2. The third-order valence-corrected chi connectivity index (χ3v) is 4.58. The van der Waals surface area contributed by atoms with Crippen LogP contribution in [0.2, 0.25) is 0 Å². The van der Waals surface area contributed by atoms with Gasteiger partial charge in [-0.05, 0) is 24.0 Å². The molecule has 2 aromatic rings. The molecule has 0 aliphatic heterocycles. The minimum absolute atomic E-state index is 0.0586. The number of benzene rings is 1. The van der Waals surface area contributed by atoms with Crippen LogP contribution in [-0.4, -0.2) is 46.5 Å². The second kappa shape index (κ2) is 6.60. The Kier molecular flexibility index (Phi) is 4.53. The van der Waals surface area contributed by atoms with Crippen molar-refractivity contribution in [1.82, 2.24) is 15.0 Å². The zero-order valence-corrected chi connectivity index (χ0v) is 14.0. The third kappa shape index (κ3) is 2.65. The van der Waals surface area contributed by atoms with Crippen LogP contribution in [-0.2, 0) is 15.9 Å². The molecule has 126 valence electrons. The summed E-state index contributed by atoms with van der Waals surface area (Å²) in [5, 5.41) is 7.53. The molecular formula is C16H16ClN3O4. The number of carbonyl (C=O) groups is 2. The minimum atomic E-state index is -0.753. The number of rotatable bonds is 3. The lowest BCUT2D eigenvalue weighted by atomic mass is 9.87. The number of hydrogen-bond acceptors (Lipinski definition) is 6. The summed E-state index contributed by atoms with van der Waals surface area (Å²) in [7, 11) is 2.44. The van der Waals surface area contributed by atoms with Gasteiger partial charge in [-0.3, -0.25) is 0 Å². The van der Waals surface area contributed by atoms with Crippen molar-refractivity contribution in [3.05, 3.63) is 46.8 Å². The smallest absolute Gasteiger partial charge is 0.361 e. The fourth-order valence-corrected chi connectivity index (χ4v) is 3.34. The van der Waals surface area contributed by atoms with Gasteiger partial charge < -0.3 is 9.47 Å². The van der Waals surface area contributed by atoms with Gasteiger partial charge in [-0.15, -0.1) is 16.7 Å². The van der Waals surface area contributed by atoms with Crippen molar-refractivity contribution in [2.24, 2.45) is 0 Å². The van der Waals surface area contributed by atoms with E-state index in [1.165, 1.54) is 18.9 Å². The molecule has 0 bridgehead atoms. The van der Waals surface area contributed by atoms with E-state index in [9.17, 15) is 9.59 Å². The summed E-state index contributed by atoms with van der Waals surface area (Å²) >= 11 is 6.53. The Balaban J connectivity index is 2.17. The van der Waals surface area contributed by atoms with Crippen molar-refractivity contribution in [3.63, 3.8) is 0 Å². The molecule has 0 spiro atoms. The second-order valence-corrected chi connectivity index (χ2v) is 5.97. The minimum Gasteiger partial charge on any atom is -0.464 e. The zero-order chi connectivity index (χ0) is 17.3. The van der Waals surface area contributed by atoms with Crippen molar-refractivity contribution >= 4 is 23.5 Å². The van der Waals surface area contributed by atoms with Gasteiger partial charge >= 0.3 is 11.9 Å². The largest absolute Gasteiger partial charge is 0.464 e. The number of aromatic nitrogens is 3. The Morgan fingerprint density at radius 2 is 1.92 bits per heavy atom. The summed E-state index contributed by atoms with van der Waals surface area (Å²) in [6.45, 7) is 0. The van der Waals surface area contributed by atoms with Crippen molar-refractivity contribution < 1.29 is 19.1 Å². The topological polar surface area (TPSA) is 83.3 Å².